The molecule has 32 heavy (non-hydrogen) atoms. The lowest BCUT2D eigenvalue weighted by Gasteiger charge is -2.14. The van der Waals surface area contributed by atoms with Crippen molar-refractivity contribution < 1.29 is 18.7 Å². The number of rotatable bonds is 7. The number of hydrogen-bond acceptors (Lipinski definition) is 4. The van der Waals surface area contributed by atoms with Gasteiger partial charge in [-0.3, -0.25) is 9.78 Å². The molecule has 1 aromatic heterocycles. The molecule has 0 saturated heterocycles. The second kappa shape index (κ2) is 9.47. The summed E-state index contributed by atoms with van der Waals surface area (Å²) in [7, 11) is 1.63. The van der Waals surface area contributed by atoms with Crippen molar-refractivity contribution in [1.29, 1.82) is 0 Å². The molecule has 0 aliphatic heterocycles. The number of nitrogens with one attached hydrogen (secondary N) is 1. The average Bonchev–Trinajstić information content (AvgIpc) is 2.83. The molecule has 0 radical (unpaired) electrons. The fraction of sp³-hybridized carbons (Fsp3) is 0.154. The molecule has 0 aliphatic rings. The predicted molar refractivity (Wildman–Crippen MR) is 121 cm³/mol. The van der Waals surface area contributed by atoms with E-state index in [1.807, 2.05) is 43.3 Å². The molecule has 162 valence electrons. The van der Waals surface area contributed by atoms with Gasteiger partial charge in [-0.15, -0.1) is 0 Å². The summed E-state index contributed by atoms with van der Waals surface area (Å²) in [6.45, 7) is 2.07. The first kappa shape index (κ1) is 21.3. The van der Waals surface area contributed by atoms with Gasteiger partial charge in [0.1, 0.15) is 11.5 Å². The minimum Gasteiger partial charge on any atom is -0.497 e. The van der Waals surface area contributed by atoms with Crippen molar-refractivity contribution in [2.75, 3.05) is 7.11 Å². The van der Waals surface area contributed by atoms with Crippen molar-refractivity contribution in [3.63, 3.8) is 0 Å². The zero-order valence-electron chi connectivity index (χ0n) is 17.8. The number of pyridine rings is 1. The Hall–Kier alpha value is -3.93. The van der Waals surface area contributed by atoms with Crippen LogP contribution in [0.1, 0.15) is 24.0 Å². The van der Waals surface area contributed by atoms with Crippen molar-refractivity contribution in [3.05, 3.63) is 96.1 Å². The number of methoxy groups -OCH3 is 1. The topological polar surface area (TPSA) is 60.5 Å². The van der Waals surface area contributed by atoms with Gasteiger partial charge in [0.2, 0.25) is 5.91 Å². The first-order valence-electron chi connectivity index (χ1n) is 10.3. The zero-order chi connectivity index (χ0) is 22.5. The van der Waals surface area contributed by atoms with Crippen molar-refractivity contribution in [2.45, 2.75) is 19.4 Å². The van der Waals surface area contributed by atoms with Gasteiger partial charge in [-0.25, -0.2) is 4.39 Å². The van der Waals surface area contributed by atoms with E-state index in [0.29, 0.717) is 11.3 Å². The largest absolute Gasteiger partial charge is 0.497 e. The average molecular weight is 430 g/mol. The standard InChI is InChI=1S/C26H23FN2O3/c1-17(19-6-7-21-14-22(31-2)9-8-20(21)13-19)26(30)29-15-18-5-10-25(24(27)12-18)32-23-4-3-11-28-16-23/h3-14,16-17H,15H2,1-2H3,(H,29,30)/t17-/m0/s1. The molecule has 0 aliphatic carbocycles. The zero-order valence-corrected chi connectivity index (χ0v) is 17.8. The molecule has 3 aromatic carbocycles. The summed E-state index contributed by atoms with van der Waals surface area (Å²) in [4.78, 5) is 16.6. The van der Waals surface area contributed by atoms with Crippen LogP contribution in [0.3, 0.4) is 0 Å². The molecule has 5 nitrogen and oxygen atoms in total. The van der Waals surface area contributed by atoms with E-state index in [1.54, 1.807) is 37.6 Å². The number of nitrogens with zero attached hydrogens (tertiary/aromatic N) is 1. The van der Waals surface area contributed by atoms with Gasteiger partial charge in [-0.2, -0.15) is 0 Å². The van der Waals surface area contributed by atoms with Crippen molar-refractivity contribution in [1.82, 2.24) is 10.3 Å². The van der Waals surface area contributed by atoms with Crippen LogP contribution in [-0.4, -0.2) is 18.0 Å². The summed E-state index contributed by atoms with van der Waals surface area (Å²) in [5.41, 5.74) is 1.55. The molecule has 0 fully saturated rings. The van der Waals surface area contributed by atoms with Gasteiger partial charge < -0.3 is 14.8 Å². The number of benzene rings is 3. The fourth-order valence-corrected chi connectivity index (χ4v) is 3.40. The predicted octanol–water partition coefficient (Wildman–Crippen LogP) is 5.59. The molecule has 4 aromatic rings. The third-order valence-electron chi connectivity index (χ3n) is 5.29. The second-order valence-corrected chi connectivity index (χ2v) is 7.47. The van der Waals surface area contributed by atoms with Crippen molar-refractivity contribution in [2.24, 2.45) is 0 Å². The third-order valence-corrected chi connectivity index (χ3v) is 5.29. The molecule has 1 N–H and O–H groups in total. The number of aromatic nitrogens is 1. The second-order valence-electron chi connectivity index (χ2n) is 7.47. The quantitative estimate of drug-likeness (QED) is 0.415. The van der Waals surface area contributed by atoms with Crippen LogP contribution in [-0.2, 0) is 11.3 Å². The minimum absolute atomic E-state index is 0.106. The molecule has 0 spiro atoms. The van der Waals surface area contributed by atoms with Gasteiger partial charge in [0.05, 0.1) is 19.2 Å². The Kier molecular flexibility index (Phi) is 6.31. The van der Waals surface area contributed by atoms with Crippen molar-refractivity contribution >= 4 is 16.7 Å². The maximum Gasteiger partial charge on any atom is 0.227 e. The molecule has 0 bridgehead atoms. The lowest BCUT2D eigenvalue weighted by molar-refractivity contribution is -0.122. The highest BCUT2D eigenvalue weighted by Gasteiger charge is 2.16. The number of carbonyl (C=O) groups excluding carboxylic acids is 1. The first-order valence-corrected chi connectivity index (χ1v) is 10.3. The van der Waals surface area contributed by atoms with E-state index in [1.165, 1.54) is 12.3 Å². The van der Waals surface area contributed by atoms with E-state index in [2.05, 4.69) is 10.3 Å². The van der Waals surface area contributed by atoms with Crippen LogP contribution < -0.4 is 14.8 Å². The van der Waals surface area contributed by atoms with E-state index in [0.717, 1.165) is 22.1 Å². The number of halogens is 1. The van der Waals surface area contributed by atoms with E-state index < -0.39 is 5.82 Å². The molecule has 6 heteroatoms. The lowest BCUT2D eigenvalue weighted by Crippen LogP contribution is -2.27. The summed E-state index contributed by atoms with van der Waals surface area (Å²) in [6, 6.07) is 19.8. The number of ether oxygens (including phenoxy) is 2. The van der Waals surface area contributed by atoms with Gasteiger partial charge in [0.25, 0.3) is 0 Å². The van der Waals surface area contributed by atoms with E-state index >= 15 is 0 Å². The molecule has 4 rings (SSSR count). The smallest absolute Gasteiger partial charge is 0.227 e. The van der Waals surface area contributed by atoms with Crippen LogP contribution in [0.2, 0.25) is 0 Å². The molecular formula is C26H23FN2O3. The molecule has 1 amide bonds. The van der Waals surface area contributed by atoms with Gasteiger partial charge in [-0.1, -0.05) is 30.3 Å². The highest BCUT2D eigenvalue weighted by molar-refractivity contribution is 5.88. The SMILES string of the molecule is COc1ccc2cc([C@H](C)C(=O)NCc3ccc(Oc4cccnc4)c(F)c3)ccc2c1. The van der Waals surface area contributed by atoms with Crippen molar-refractivity contribution in [3.8, 4) is 17.2 Å². The van der Waals surface area contributed by atoms with Crippen LogP contribution in [0.5, 0.6) is 17.2 Å². The van der Waals surface area contributed by atoms with Crippen LogP contribution in [0, 0.1) is 5.82 Å². The lowest BCUT2D eigenvalue weighted by atomic mass is 9.97. The van der Waals surface area contributed by atoms with Gasteiger partial charge in [0, 0.05) is 12.7 Å². The van der Waals surface area contributed by atoms with Crippen LogP contribution in [0.4, 0.5) is 4.39 Å². The number of amides is 1. The Morgan fingerprint density at radius 3 is 2.59 bits per heavy atom. The fourth-order valence-electron chi connectivity index (χ4n) is 3.40. The van der Waals surface area contributed by atoms with E-state index in [9.17, 15) is 9.18 Å². The van der Waals surface area contributed by atoms with Crippen LogP contribution >= 0.6 is 0 Å². The molecular weight excluding hydrogens is 407 g/mol. The van der Waals surface area contributed by atoms with Gasteiger partial charge in [0.15, 0.2) is 11.6 Å². The van der Waals surface area contributed by atoms with E-state index in [4.69, 9.17) is 9.47 Å². The first-order chi connectivity index (χ1) is 15.5. The minimum atomic E-state index is -0.501. The van der Waals surface area contributed by atoms with Gasteiger partial charge >= 0.3 is 0 Å². The Bertz CT molecular complexity index is 1240. The number of carbonyl (C=O) groups is 1. The highest BCUT2D eigenvalue weighted by Crippen LogP contribution is 2.26. The van der Waals surface area contributed by atoms with Crippen LogP contribution in [0.25, 0.3) is 10.8 Å². The monoisotopic (exact) mass is 430 g/mol. The summed E-state index contributed by atoms with van der Waals surface area (Å²) in [6.07, 6.45) is 3.13. The molecule has 0 saturated carbocycles. The molecule has 1 heterocycles. The summed E-state index contributed by atoms with van der Waals surface area (Å²) >= 11 is 0. The molecule has 1 atom stereocenters. The normalized spacial score (nSPS) is 11.7. The third kappa shape index (κ3) is 4.86. The Morgan fingerprint density at radius 1 is 1.03 bits per heavy atom. The Balaban J connectivity index is 1.39. The maximum absolute atomic E-state index is 14.4. The van der Waals surface area contributed by atoms with Crippen LogP contribution in [0.15, 0.2) is 79.1 Å². The highest BCUT2D eigenvalue weighted by atomic mass is 19.1. The summed E-state index contributed by atoms with van der Waals surface area (Å²) in [5, 5.41) is 4.97. The van der Waals surface area contributed by atoms with Gasteiger partial charge in [-0.05, 0) is 65.2 Å². The molecule has 0 unspecified atom stereocenters. The Morgan fingerprint density at radius 2 is 1.84 bits per heavy atom. The number of hydrogen-bond donors (Lipinski definition) is 1. The maximum atomic E-state index is 14.4. The Labute approximate surface area is 185 Å². The van der Waals surface area contributed by atoms with E-state index in [-0.39, 0.29) is 24.1 Å². The summed E-state index contributed by atoms with van der Waals surface area (Å²) < 4.78 is 25.2. The summed E-state index contributed by atoms with van der Waals surface area (Å²) in [5.74, 6) is 0.372. The number of fused-ring (bicyclic) bond motifs is 1.